The first kappa shape index (κ1) is 14.2. The largest absolute Gasteiger partial charge is 0.289 e. The molecule has 110 valence electrons. The quantitative estimate of drug-likeness (QED) is 0.480. The van der Waals surface area contributed by atoms with Gasteiger partial charge in [0.25, 0.3) is 5.69 Å². The number of para-hydroxylation sites is 1. The summed E-state index contributed by atoms with van der Waals surface area (Å²) in [6, 6.07) is 9.23. The topological polar surface area (TPSA) is 80.3 Å². The van der Waals surface area contributed by atoms with Gasteiger partial charge in [0.1, 0.15) is 0 Å². The number of thiophene rings is 1. The Labute approximate surface area is 125 Å². The van der Waals surface area contributed by atoms with Crippen LogP contribution in [0.2, 0.25) is 0 Å². The van der Waals surface area contributed by atoms with Gasteiger partial charge >= 0.3 is 0 Å². The van der Waals surface area contributed by atoms with Crippen LogP contribution in [0.4, 0.5) is 5.69 Å². The monoisotopic (exact) mass is 324 g/mol. The van der Waals surface area contributed by atoms with Gasteiger partial charge in [-0.05, 0) is 23.9 Å². The fraction of sp³-hybridized carbons (Fsp3) is 0.231. The first-order valence-corrected chi connectivity index (χ1v) is 8.60. The molecule has 1 aromatic carbocycles. The highest BCUT2D eigenvalue weighted by Gasteiger charge is 2.46. The number of nitro groups is 1. The average molecular weight is 324 g/mol. The molecule has 3 rings (SSSR count). The standard InChI is InChI=1S/C13H12N2O4S2/c16-15(17)12-5-1-2-6-13(12)21(18,19)14-9-10(14)8-11-4-3-7-20-11/h1-7,10H,8-9H2. The van der Waals surface area contributed by atoms with Crippen molar-refractivity contribution in [3.05, 3.63) is 56.8 Å². The molecule has 2 heterocycles. The summed E-state index contributed by atoms with van der Waals surface area (Å²) < 4.78 is 26.3. The molecule has 1 aromatic heterocycles. The zero-order valence-corrected chi connectivity index (χ0v) is 12.5. The Bertz CT molecular complexity index is 771. The van der Waals surface area contributed by atoms with Crippen LogP contribution in [0.25, 0.3) is 0 Å². The normalized spacial score (nSPS) is 21.1. The predicted molar refractivity (Wildman–Crippen MR) is 78.8 cm³/mol. The van der Waals surface area contributed by atoms with Gasteiger partial charge in [-0.25, -0.2) is 8.42 Å². The molecule has 0 N–H and O–H groups in total. The number of rotatable bonds is 5. The Hall–Kier alpha value is -1.77. The highest BCUT2D eigenvalue weighted by Crippen LogP contribution is 2.34. The van der Waals surface area contributed by atoms with Crippen molar-refractivity contribution in [2.45, 2.75) is 17.4 Å². The van der Waals surface area contributed by atoms with Crippen LogP contribution < -0.4 is 0 Å². The van der Waals surface area contributed by atoms with Crippen LogP contribution >= 0.6 is 11.3 Å². The van der Waals surface area contributed by atoms with E-state index in [2.05, 4.69) is 0 Å². The van der Waals surface area contributed by atoms with E-state index in [1.54, 1.807) is 11.3 Å². The number of sulfonamides is 1. The molecule has 2 atom stereocenters. The van der Waals surface area contributed by atoms with E-state index >= 15 is 0 Å². The van der Waals surface area contributed by atoms with Crippen LogP contribution in [0.1, 0.15) is 4.88 Å². The number of nitrogens with zero attached hydrogens (tertiary/aromatic N) is 2. The Kier molecular flexibility index (Phi) is 3.52. The Morgan fingerprint density at radius 3 is 2.71 bits per heavy atom. The van der Waals surface area contributed by atoms with Gasteiger partial charge in [-0.1, -0.05) is 18.2 Å². The van der Waals surface area contributed by atoms with Crippen LogP contribution in [0.5, 0.6) is 0 Å². The maximum Gasteiger partial charge on any atom is 0.289 e. The predicted octanol–water partition coefficient (Wildman–Crippen LogP) is 2.27. The molecule has 6 nitrogen and oxygen atoms in total. The lowest BCUT2D eigenvalue weighted by molar-refractivity contribution is -0.387. The summed E-state index contributed by atoms with van der Waals surface area (Å²) >= 11 is 1.58. The SMILES string of the molecule is O=[N+]([O-])c1ccccc1S(=O)(=O)N1CC1Cc1cccs1. The van der Waals surface area contributed by atoms with Crippen molar-refractivity contribution in [2.24, 2.45) is 0 Å². The van der Waals surface area contributed by atoms with Gasteiger partial charge in [0, 0.05) is 23.5 Å². The van der Waals surface area contributed by atoms with Crippen molar-refractivity contribution >= 4 is 27.0 Å². The molecule has 2 unspecified atom stereocenters. The van der Waals surface area contributed by atoms with Crippen molar-refractivity contribution < 1.29 is 13.3 Å². The van der Waals surface area contributed by atoms with Crippen LogP contribution in [0, 0.1) is 10.1 Å². The zero-order chi connectivity index (χ0) is 15.0. The van der Waals surface area contributed by atoms with Crippen molar-refractivity contribution in [2.75, 3.05) is 6.54 Å². The van der Waals surface area contributed by atoms with Crippen LogP contribution in [0.15, 0.2) is 46.7 Å². The summed E-state index contributed by atoms with van der Waals surface area (Å²) in [5.41, 5.74) is -0.376. The van der Waals surface area contributed by atoms with E-state index in [1.807, 2.05) is 17.5 Å². The molecule has 1 saturated heterocycles. The number of nitro benzene ring substituents is 1. The van der Waals surface area contributed by atoms with Gasteiger partial charge in [0.15, 0.2) is 4.90 Å². The Balaban J connectivity index is 1.84. The lowest BCUT2D eigenvalue weighted by Gasteiger charge is -2.06. The molecular formula is C13H12N2O4S2. The first-order chi connectivity index (χ1) is 10.00. The van der Waals surface area contributed by atoms with Crippen molar-refractivity contribution in [1.29, 1.82) is 0 Å². The minimum absolute atomic E-state index is 0.103. The molecule has 1 aliphatic rings. The zero-order valence-electron chi connectivity index (χ0n) is 10.9. The van der Waals surface area contributed by atoms with E-state index < -0.39 is 14.9 Å². The van der Waals surface area contributed by atoms with Gasteiger partial charge in [0.2, 0.25) is 10.0 Å². The summed E-state index contributed by atoms with van der Waals surface area (Å²) in [4.78, 5) is 11.2. The number of hydrogen-bond donors (Lipinski definition) is 0. The van der Waals surface area contributed by atoms with Gasteiger partial charge in [-0.2, -0.15) is 4.31 Å². The average Bonchev–Trinajstić information content (AvgIpc) is 3.04. The molecule has 0 amide bonds. The Morgan fingerprint density at radius 2 is 2.05 bits per heavy atom. The van der Waals surface area contributed by atoms with E-state index in [-0.39, 0.29) is 16.6 Å². The molecule has 0 spiro atoms. The fourth-order valence-corrected chi connectivity index (χ4v) is 4.76. The van der Waals surface area contributed by atoms with Crippen molar-refractivity contribution in [1.82, 2.24) is 4.31 Å². The van der Waals surface area contributed by atoms with Crippen molar-refractivity contribution in [3.8, 4) is 0 Å². The summed E-state index contributed by atoms with van der Waals surface area (Å²) in [7, 11) is -3.80. The van der Waals surface area contributed by atoms with Crippen LogP contribution in [-0.2, 0) is 16.4 Å². The summed E-state index contributed by atoms with van der Waals surface area (Å²) in [6.45, 7) is 0.409. The molecule has 1 fully saturated rings. The van der Waals surface area contributed by atoms with Gasteiger partial charge < -0.3 is 0 Å². The first-order valence-electron chi connectivity index (χ1n) is 6.28. The lowest BCUT2D eigenvalue weighted by Crippen LogP contribution is -2.16. The van der Waals surface area contributed by atoms with Gasteiger partial charge in [0.05, 0.1) is 4.92 Å². The van der Waals surface area contributed by atoms with E-state index in [0.717, 1.165) is 4.88 Å². The smallest absolute Gasteiger partial charge is 0.258 e. The molecule has 0 bridgehead atoms. The minimum atomic E-state index is -3.80. The van der Waals surface area contributed by atoms with Gasteiger partial charge in [-0.3, -0.25) is 10.1 Å². The third-order valence-electron chi connectivity index (χ3n) is 3.33. The maximum atomic E-state index is 12.5. The van der Waals surface area contributed by atoms with Crippen molar-refractivity contribution in [3.63, 3.8) is 0 Å². The highest BCUT2D eigenvalue weighted by molar-refractivity contribution is 7.89. The second-order valence-corrected chi connectivity index (χ2v) is 7.63. The third-order valence-corrected chi connectivity index (χ3v) is 6.19. The fourth-order valence-electron chi connectivity index (χ4n) is 2.23. The maximum absolute atomic E-state index is 12.5. The number of benzene rings is 1. The third kappa shape index (κ3) is 2.69. The second kappa shape index (κ2) is 5.21. The molecule has 0 saturated carbocycles. The lowest BCUT2D eigenvalue weighted by atomic mass is 10.3. The molecule has 2 aromatic rings. The molecule has 1 aliphatic heterocycles. The molecule has 0 aliphatic carbocycles. The molecular weight excluding hydrogens is 312 g/mol. The molecule has 21 heavy (non-hydrogen) atoms. The van der Waals surface area contributed by atoms with Gasteiger partial charge in [-0.15, -0.1) is 11.3 Å². The number of hydrogen-bond acceptors (Lipinski definition) is 5. The Morgan fingerprint density at radius 1 is 1.29 bits per heavy atom. The van der Waals surface area contributed by atoms with E-state index in [0.29, 0.717) is 13.0 Å². The van der Waals surface area contributed by atoms with Crippen LogP contribution in [0.3, 0.4) is 0 Å². The van der Waals surface area contributed by atoms with E-state index in [1.165, 1.54) is 28.6 Å². The highest BCUT2D eigenvalue weighted by atomic mass is 32.2. The minimum Gasteiger partial charge on any atom is -0.258 e. The van der Waals surface area contributed by atoms with E-state index in [4.69, 9.17) is 0 Å². The summed E-state index contributed by atoms with van der Waals surface area (Å²) in [6.07, 6.45) is 0.650. The molecule has 0 radical (unpaired) electrons. The summed E-state index contributed by atoms with van der Waals surface area (Å²) in [5, 5.41) is 12.9. The van der Waals surface area contributed by atoms with Crippen LogP contribution in [-0.4, -0.2) is 30.2 Å². The second-order valence-electron chi connectivity index (χ2n) is 4.74. The van der Waals surface area contributed by atoms with E-state index in [9.17, 15) is 18.5 Å². The summed E-state index contributed by atoms with van der Waals surface area (Å²) in [5.74, 6) is 0. The molecule has 8 heteroatoms.